The molecule has 0 saturated carbocycles. The van der Waals surface area contributed by atoms with E-state index in [0.717, 1.165) is 0 Å². The summed E-state index contributed by atoms with van der Waals surface area (Å²) in [5, 5.41) is 8.27. The Hall–Kier alpha value is -2.33. The van der Waals surface area contributed by atoms with Crippen molar-refractivity contribution in [1.29, 1.82) is 5.26 Å². The predicted molar refractivity (Wildman–Crippen MR) is 45.5 cm³/mol. The standard InChI is InChI=1S/C9H4N4/c10-4-1-3-8-7-12-9-11-5-2-6-13(8)9/h2,5-7H. The van der Waals surface area contributed by atoms with Gasteiger partial charge in [0.25, 0.3) is 0 Å². The van der Waals surface area contributed by atoms with Gasteiger partial charge in [-0.1, -0.05) is 0 Å². The smallest absolute Gasteiger partial charge is 0.234 e. The normalized spacial score (nSPS) is 8.85. The van der Waals surface area contributed by atoms with Gasteiger partial charge < -0.3 is 0 Å². The molecule has 0 amide bonds. The fourth-order valence-corrected chi connectivity index (χ4v) is 1.01. The molecule has 2 rings (SSSR count). The minimum Gasteiger partial charge on any atom is -0.277 e. The number of aromatic nitrogens is 3. The van der Waals surface area contributed by atoms with Gasteiger partial charge in [0.15, 0.2) is 6.07 Å². The van der Waals surface area contributed by atoms with Gasteiger partial charge in [0.2, 0.25) is 5.78 Å². The molecule has 4 heteroatoms. The molecule has 0 aliphatic rings. The fourth-order valence-electron chi connectivity index (χ4n) is 1.01. The summed E-state index contributed by atoms with van der Waals surface area (Å²) in [5.74, 6) is 5.56. The maximum Gasteiger partial charge on any atom is 0.234 e. The Morgan fingerprint density at radius 3 is 3.15 bits per heavy atom. The van der Waals surface area contributed by atoms with Crippen molar-refractivity contribution in [2.45, 2.75) is 0 Å². The van der Waals surface area contributed by atoms with Crippen molar-refractivity contribution in [1.82, 2.24) is 14.4 Å². The molecule has 13 heavy (non-hydrogen) atoms. The van der Waals surface area contributed by atoms with E-state index in [1.54, 1.807) is 35.1 Å². The lowest BCUT2D eigenvalue weighted by molar-refractivity contribution is 1.09. The van der Waals surface area contributed by atoms with Gasteiger partial charge in [0.05, 0.1) is 6.20 Å². The number of fused-ring (bicyclic) bond motifs is 1. The van der Waals surface area contributed by atoms with Crippen LogP contribution >= 0.6 is 0 Å². The van der Waals surface area contributed by atoms with E-state index in [1.807, 2.05) is 0 Å². The molecule has 0 aliphatic heterocycles. The Labute approximate surface area is 74.5 Å². The van der Waals surface area contributed by atoms with E-state index in [4.69, 9.17) is 5.26 Å². The number of nitrogens with zero attached hydrogens (tertiary/aromatic N) is 4. The lowest BCUT2D eigenvalue weighted by Gasteiger charge is -1.90. The highest BCUT2D eigenvalue weighted by atomic mass is 15.1. The van der Waals surface area contributed by atoms with Gasteiger partial charge >= 0.3 is 0 Å². The second-order valence-corrected chi connectivity index (χ2v) is 2.29. The van der Waals surface area contributed by atoms with Gasteiger partial charge in [-0.25, -0.2) is 9.97 Å². The molecule has 0 aliphatic carbocycles. The molecule has 0 radical (unpaired) electrons. The van der Waals surface area contributed by atoms with Crippen LogP contribution in [0.25, 0.3) is 5.78 Å². The maximum atomic E-state index is 8.27. The molecule has 2 aromatic rings. The van der Waals surface area contributed by atoms with Gasteiger partial charge in [-0.2, -0.15) is 5.26 Å². The Bertz CT molecular complexity index is 536. The average Bonchev–Trinajstić information content (AvgIpc) is 2.58. The fraction of sp³-hybridized carbons (Fsp3) is 0. The van der Waals surface area contributed by atoms with Crippen LogP contribution in [0, 0.1) is 23.2 Å². The zero-order valence-electron chi connectivity index (χ0n) is 6.60. The van der Waals surface area contributed by atoms with Crippen molar-refractivity contribution >= 4 is 5.78 Å². The van der Waals surface area contributed by atoms with Crippen molar-refractivity contribution in [3.63, 3.8) is 0 Å². The third-order valence-electron chi connectivity index (χ3n) is 1.53. The summed E-state index contributed by atoms with van der Waals surface area (Å²) < 4.78 is 1.73. The zero-order chi connectivity index (χ0) is 9.10. The van der Waals surface area contributed by atoms with Crippen LogP contribution in [0.5, 0.6) is 0 Å². The van der Waals surface area contributed by atoms with Crippen LogP contribution < -0.4 is 0 Å². The average molecular weight is 168 g/mol. The number of hydrogen-bond donors (Lipinski definition) is 0. The molecule has 0 aromatic carbocycles. The SMILES string of the molecule is N#CC#Cc1cnc2ncccn12. The predicted octanol–water partition coefficient (Wildman–Crippen LogP) is 0.604. The van der Waals surface area contributed by atoms with Crippen LogP contribution in [0.4, 0.5) is 0 Å². The first-order valence-corrected chi connectivity index (χ1v) is 3.60. The Morgan fingerprint density at radius 1 is 1.38 bits per heavy atom. The second kappa shape index (κ2) is 2.96. The zero-order valence-corrected chi connectivity index (χ0v) is 6.60. The van der Waals surface area contributed by atoms with Crippen LogP contribution in [0.15, 0.2) is 24.7 Å². The van der Waals surface area contributed by atoms with E-state index < -0.39 is 0 Å². The molecule has 0 bridgehead atoms. The van der Waals surface area contributed by atoms with E-state index in [0.29, 0.717) is 11.5 Å². The number of imidazole rings is 1. The van der Waals surface area contributed by atoms with Gasteiger partial charge in [-0.05, 0) is 12.0 Å². The first kappa shape index (κ1) is 7.33. The van der Waals surface area contributed by atoms with Crippen molar-refractivity contribution in [3.05, 3.63) is 30.4 Å². The first-order chi connectivity index (χ1) is 6.42. The monoisotopic (exact) mass is 168 g/mol. The van der Waals surface area contributed by atoms with Gasteiger partial charge in [-0.3, -0.25) is 4.40 Å². The topological polar surface area (TPSA) is 54.0 Å². The van der Waals surface area contributed by atoms with E-state index in [9.17, 15) is 0 Å². The summed E-state index contributed by atoms with van der Waals surface area (Å²) in [4.78, 5) is 8.02. The molecule has 0 fully saturated rings. The third kappa shape index (κ3) is 1.21. The minimum absolute atomic E-state index is 0.588. The summed E-state index contributed by atoms with van der Waals surface area (Å²) in [7, 11) is 0. The van der Waals surface area contributed by atoms with Crippen LogP contribution in [-0.2, 0) is 0 Å². The molecule has 0 saturated heterocycles. The molecule has 60 valence electrons. The van der Waals surface area contributed by atoms with Crippen LogP contribution in [-0.4, -0.2) is 14.4 Å². The summed E-state index contributed by atoms with van der Waals surface area (Å²) in [6.07, 6.45) is 5.05. The highest BCUT2D eigenvalue weighted by Gasteiger charge is 1.98. The minimum atomic E-state index is 0.588. The molecular weight excluding hydrogens is 164 g/mol. The van der Waals surface area contributed by atoms with Gasteiger partial charge in [0, 0.05) is 18.3 Å². The van der Waals surface area contributed by atoms with Gasteiger partial charge in [0.1, 0.15) is 5.69 Å². The first-order valence-electron chi connectivity index (χ1n) is 3.60. The molecule has 4 nitrogen and oxygen atoms in total. The van der Waals surface area contributed by atoms with E-state index in [1.165, 1.54) is 0 Å². The molecule has 0 spiro atoms. The quantitative estimate of drug-likeness (QED) is 0.541. The van der Waals surface area contributed by atoms with E-state index in [-0.39, 0.29) is 0 Å². The van der Waals surface area contributed by atoms with Crippen molar-refractivity contribution in [3.8, 4) is 17.9 Å². The molecule has 0 atom stereocenters. The Balaban J connectivity index is 2.66. The van der Waals surface area contributed by atoms with Crippen molar-refractivity contribution in [2.75, 3.05) is 0 Å². The summed E-state index contributed by atoms with van der Waals surface area (Å²) in [6.45, 7) is 0. The maximum absolute atomic E-state index is 8.27. The third-order valence-corrected chi connectivity index (χ3v) is 1.53. The number of rotatable bonds is 0. The second-order valence-electron chi connectivity index (χ2n) is 2.29. The van der Waals surface area contributed by atoms with Crippen molar-refractivity contribution < 1.29 is 0 Å². The molecular formula is C9H4N4. The van der Waals surface area contributed by atoms with Crippen molar-refractivity contribution in [2.24, 2.45) is 0 Å². The molecule has 0 N–H and O–H groups in total. The summed E-state index contributed by atoms with van der Waals surface area (Å²) >= 11 is 0. The lowest BCUT2D eigenvalue weighted by Crippen LogP contribution is -1.88. The summed E-state index contributed by atoms with van der Waals surface area (Å²) in [6, 6.07) is 3.53. The molecule has 2 aromatic heterocycles. The van der Waals surface area contributed by atoms with E-state index >= 15 is 0 Å². The summed E-state index contributed by atoms with van der Waals surface area (Å²) in [5.41, 5.74) is 0.671. The lowest BCUT2D eigenvalue weighted by atomic mass is 10.4. The largest absolute Gasteiger partial charge is 0.277 e. The van der Waals surface area contributed by atoms with Gasteiger partial charge in [-0.15, -0.1) is 0 Å². The highest BCUT2D eigenvalue weighted by molar-refractivity contribution is 5.40. The van der Waals surface area contributed by atoms with Crippen LogP contribution in [0.3, 0.4) is 0 Å². The molecule has 2 heterocycles. The highest BCUT2D eigenvalue weighted by Crippen LogP contribution is 2.00. The number of nitriles is 1. The molecule has 0 unspecified atom stereocenters. The van der Waals surface area contributed by atoms with Crippen LogP contribution in [0.2, 0.25) is 0 Å². The Kier molecular flexibility index (Phi) is 1.67. The Morgan fingerprint density at radius 2 is 2.31 bits per heavy atom. The van der Waals surface area contributed by atoms with Crippen LogP contribution in [0.1, 0.15) is 5.69 Å². The van der Waals surface area contributed by atoms with E-state index in [2.05, 4.69) is 21.8 Å². The number of hydrogen-bond acceptors (Lipinski definition) is 3.